The highest BCUT2D eigenvalue weighted by molar-refractivity contribution is 5.44. The van der Waals surface area contributed by atoms with E-state index in [1.807, 2.05) is 26.0 Å². The van der Waals surface area contributed by atoms with Crippen LogP contribution in [-0.4, -0.2) is 10.2 Å². The van der Waals surface area contributed by atoms with Crippen LogP contribution in [-0.2, 0) is 0 Å². The summed E-state index contributed by atoms with van der Waals surface area (Å²) >= 11 is 0. The number of aromatic hydroxyl groups is 2. The van der Waals surface area contributed by atoms with Gasteiger partial charge in [-0.25, -0.2) is 0 Å². The third kappa shape index (κ3) is 3.27. The van der Waals surface area contributed by atoms with E-state index in [2.05, 4.69) is 26.0 Å². The minimum absolute atomic E-state index is 0.308. The van der Waals surface area contributed by atoms with Crippen molar-refractivity contribution >= 4 is 0 Å². The Hall–Kier alpha value is -1.96. The van der Waals surface area contributed by atoms with Crippen LogP contribution >= 0.6 is 0 Å². The molecular weight excluding hydrogens is 272 g/mol. The van der Waals surface area contributed by atoms with E-state index in [9.17, 15) is 10.2 Å². The van der Waals surface area contributed by atoms with Gasteiger partial charge in [0.25, 0.3) is 0 Å². The summed E-state index contributed by atoms with van der Waals surface area (Å²) in [5.74, 6) is 1.53. The predicted octanol–water partition coefficient (Wildman–Crippen LogP) is 5.40. The first-order chi connectivity index (χ1) is 10.5. The summed E-state index contributed by atoms with van der Waals surface area (Å²) in [5.41, 5.74) is 4.42. The molecule has 0 radical (unpaired) electrons. The maximum atomic E-state index is 10.0. The average Bonchev–Trinajstić information content (AvgIpc) is 2.51. The standard InChI is InChI=1S/C20H26O2/c1-5-18(15-7-9-17(21)10-8-15)19(6-2)16-11-13(3)20(22)14(4)12-16/h7-12,18-19,21-22H,5-6H2,1-4H3/t18-,19-/m0/s1. The summed E-state index contributed by atoms with van der Waals surface area (Å²) in [6.45, 7) is 8.34. The summed E-state index contributed by atoms with van der Waals surface area (Å²) in [7, 11) is 0. The van der Waals surface area contributed by atoms with E-state index in [1.54, 1.807) is 12.1 Å². The first-order valence-corrected chi connectivity index (χ1v) is 8.06. The Balaban J connectivity index is 2.42. The average molecular weight is 298 g/mol. The van der Waals surface area contributed by atoms with Gasteiger partial charge in [-0.1, -0.05) is 38.1 Å². The van der Waals surface area contributed by atoms with Crippen LogP contribution in [0.1, 0.15) is 60.8 Å². The van der Waals surface area contributed by atoms with Crippen molar-refractivity contribution in [2.24, 2.45) is 0 Å². The molecule has 2 aromatic rings. The highest BCUT2D eigenvalue weighted by Gasteiger charge is 2.23. The molecule has 0 amide bonds. The number of phenols is 2. The zero-order chi connectivity index (χ0) is 16.3. The number of phenolic OH excluding ortho intramolecular Hbond substituents is 2. The Morgan fingerprint density at radius 2 is 1.23 bits per heavy atom. The molecule has 0 aliphatic carbocycles. The van der Waals surface area contributed by atoms with Crippen LogP contribution in [0.3, 0.4) is 0 Å². The topological polar surface area (TPSA) is 40.5 Å². The Labute approximate surface area is 133 Å². The molecule has 2 heteroatoms. The number of aryl methyl sites for hydroxylation is 2. The highest BCUT2D eigenvalue weighted by Crippen LogP contribution is 2.40. The maximum absolute atomic E-state index is 10.0. The quantitative estimate of drug-likeness (QED) is 0.775. The van der Waals surface area contributed by atoms with Gasteiger partial charge in [0.2, 0.25) is 0 Å². The van der Waals surface area contributed by atoms with Crippen LogP contribution in [0.5, 0.6) is 11.5 Å². The molecule has 2 nitrogen and oxygen atoms in total. The molecular formula is C20H26O2. The van der Waals surface area contributed by atoms with Crippen molar-refractivity contribution in [3.8, 4) is 11.5 Å². The zero-order valence-electron chi connectivity index (χ0n) is 13.9. The number of hydrogen-bond acceptors (Lipinski definition) is 2. The molecule has 22 heavy (non-hydrogen) atoms. The molecule has 0 heterocycles. The van der Waals surface area contributed by atoms with Crippen molar-refractivity contribution in [2.45, 2.75) is 52.4 Å². The molecule has 0 spiro atoms. The molecule has 0 saturated carbocycles. The fourth-order valence-electron chi connectivity index (χ4n) is 3.43. The van der Waals surface area contributed by atoms with Gasteiger partial charge in [-0.3, -0.25) is 0 Å². The molecule has 2 rings (SSSR count). The van der Waals surface area contributed by atoms with Crippen LogP contribution in [0.25, 0.3) is 0 Å². The Morgan fingerprint density at radius 1 is 0.773 bits per heavy atom. The fraction of sp³-hybridized carbons (Fsp3) is 0.400. The van der Waals surface area contributed by atoms with E-state index in [0.717, 1.165) is 24.0 Å². The van der Waals surface area contributed by atoms with Gasteiger partial charge in [-0.2, -0.15) is 0 Å². The molecule has 0 aliphatic heterocycles. The number of benzene rings is 2. The molecule has 0 bridgehead atoms. The van der Waals surface area contributed by atoms with Gasteiger partial charge in [-0.15, -0.1) is 0 Å². The summed E-state index contributed by atoms with van der Waals surface area (Å²) in [6.07, 6.45) is 2.09. The van der Waals surface area contributed by atoms with E-state index in [-0.39, 0.29) is 0 Å². The zero-order valence-corrected chi connectivity index (χ0v) is 13.9. The van der Waals surface area contributed by atoms with Gasteiger partial charge in [0.15, 0.2) is 0 Å². The summed E-state index contributed by atoms with van der Waals surface area (Å²) in [5, 5.41) is 19.5. The van der Waals surface area contributed by atoms with Crippen LogP contribution < -0.4 is 0 Å². The van der Waals surface area contributed by atoms with Gasteiger partial charge in [0.05, 0.1) is 0 Å². The maximum Gasteiger partial charge on any atom is 0.121 e. The summed E-state index contributed by atoms with van der Waals surface area (Å²) in [4.78, 5) is 0. The Morgan fingerprint density at radius 3 is 1.68 bits per heavy atom. The minimum Gasteiger partial charge on any atom is -0.508 e. The van der Waals surface area contributed by atoms with Gasteiger partial charge in [0.1, 0.15) is 11.5 Å². The molecule has 0 aliphatic rings. The smallest absolute Gasteiger partial charge is 0.121 e. The van der Waals surface area contributed by atoms with Gasteiger partial charge < -0.3 is 10.2 Å². The van der Waals surface area contributed by atoms with E-state index in [4.69, 9.17) is 0 Å². The molecule has 0 fully saturated rings. The van der Waals surface area contributed by atoms with E-state index >= 15 is 0 Å². The number of hydrogen-bond donors (Lipinski definition) is 2. The fourth-order valence-corrected chi connectivity index (χ4v) is 3.43. The molecule has 0 unspecified atom stereocenters. The lowest BCUT2D eigenvalue weighted by atomic mass is 9.77. The molecule has 0 saturated heterocycles. The van der Waals surface area contributed by atoms with Crippen molar-refractivity contribution < 1.29 is 10.2 Å². The lowest BCUT2D eigenvalue weighted by molar-refractivity contribution is 0.463. The molecule has 2 N–H and O–H groups in total. The third-order valence-electron chi connectivity index (χ3n) is 4.63. The highest BCUT2D eigenvalue weighted by atomic mass is 16.3. The second kappa shape index (κ2) is 6.87. The minimum atomic E-state index is 0.308. The third-order valence-corrected chi connectivity index (χ3v) is 4.63. The Kier molecular flexibility index (Phi) is 5.12. The summed E-state index contributed by atoms with van der Waals surface area (Å²) in [6, 6.07) is 11.8. The SMILES string of the molecule is CC[C@@H](c1ccc(O)cc1)[C@@H](CC)c1cc(C)c(O)c(C)c1. The van der Waals surface area contributed by atoms with Crippen molar-refractivity contribution in [3.63, 3.8) is 0 Å². The lowest BCUT2D eigenvalue weighted by Crippen LogP contribution is -2.11. The summed E-state index contributed by atoms with van der Waals surface area (Å²) < 4.78 is 0. The van der Waals surface area contributed by atoms with Crippen molar-refractivity contribution in [1.29, 1.82) is 0 Å². The van der Waals surface area contributed by atoms with Crippen molar-refractivity contribution in [1.82, 2.24) is 0 Å². The van der Waals surface area contributed by atoms with Crippen LogP contribution in [0.15, 0.2) is 36.4 Å². The Bertz CT molecular complexity index is 606. The first-order valence-electron chi connectivity index (χ1n) is 8.06. The van der Waals surface area contributed by atoms with Gasteiger partial charge in [-0.05, 0) is 72.9 Å². The lowest BCUT2D eigenvalue weighted by Gasteiger charge is -2.27. The second-order valence-corrected chi connectivity index (χ2v) is 6.12. The molecule has 2 atom stereocenters. The van der Waals surface area contributed by atoms with Crippen LogP contribution in [0.4, 0.5) is 0 Å². The van der Waals surface area contributed by atoms with Crippen LogP contribution in [0.2, 0.25) is 0 Å². The van der Waals surface area contributed by atoms with Crippen molar-refractivity contribution in [3.05, 3.63) is 58.7 Å². The van der Waals surface area contributed by atoms with Gasteiger partial charge in [0, 0.05) is 0 Å². The second-order valence-electron chi connectivity index (χ2n) is 6.12. The van der Waals surface area contributed by atoms with Gasteiger partial charge >= 0.3 is 0 Å². The van der Waals surface area contributed by atoms with Crippen molar-refractivity contribution in [2.75, 3.05) is 0 Å². The van der Waals surface area contributed by atoms with E-state index < -0.39 is 0 Å². The molecule has 2 aromatic carbocycles. The molecule has 0 aromatic heterocycles. The van der Waals surface area contributed by atoms with E-state index in [1.165, 1.54) is 11.1 Å². The van der Waals surface area contributed by atoms with E-state index in [0.29, 0.717) is 23.3 Å². The monoisotopic (exact) mass is 298 g/mol. The molecule has 118 valence electrons. The first kappa shape index (κ1) is 16.4. The normalized spacial score (nSPS) is 13.8. The largest absolute Gasteiger partial charge is 0.508 e. The number of rotatable bonds is 5. The van der Waals surface area contributed by atoms with Crippen LogP contribution in [0, 0.1) is 13.8 Å². The predicted molar refractivity (Wildman–Crippen MR) is 91.8 cm³/mol.